The van der Waals surface area contributed by atoms with Gasteiger partial charge in [0.2, 0.25) is 0 Å². The Bertz CT molecular complexity index is 901. The summed E-state index contributed by atoms with van der Waals surface area (Å²) in [6.07, 6.45) is 0. The Morgan fingerprint density at radius 1 is 0.846 bits per heavy atom. The fourth-order valence-corrected chi connectivity index (χ4v) is 3.76. The number of hydrogen-bond acceptors (Lipinski definition) is 3. The van der Waals surface area contributed by atoms with Crippen molar-refractivity contribution in [2.24, 2.45) is 0 Å². The number of likely N-dealkylation sites (N-methyl/N-ethyl adjacent to an activating group) is 1. The van der Waals surface area contributed by atoms with Gasteiger partial charge in [-0.3, -0.25) is 5.41 Å². The fourth-order valence-electron chi connectivity index (χ4n) is 3.76. The lowest BCUT2D eigenvalue weighted by molar-refractivity contribution is 0.271. The molecular weight excluding hydrogens is 318 g/mol. The Kier molecular flexibility index (Phi) is 4.72. The summed E-state index contributed by atoms with van der Waals surface area (Å²) in [5.41, 5.74) is 3.81. The van der Waals surface area contributed by atoms with Crippen LogP contribution in [0.5, 0.6) is 0 Å². The van der Waals surface area contributed by atoms with Crippen molar-refractivity contribution in [1.29, 1.82) is 5.41 Å². The maximum absolute atomic E-state index is 8.70. The third-order valence-corrected chi connectivity index (χ3v) is 5.40. The van der Waals surface area contributed by atoms with Gasteiger partial charge in [-0.2, -0.15) is 0 Å². The molecule has 3 nitrogen and oxygen atoms in total. The first-order valence-electron chi connectivity index (χ1n) is 9.40. The minimum Gasteiger partial charge on any atom is -0.369 e. The van der Waals surface area contributed by atoms with E-state index in [2.05, 4.69) is 59.2 Å². The Hall–Kier alpha value is -2.65. The molecule has 0 bridgehead atoms. The number of anilines is 1. The number of fused-ring (bicyclic) bond motifs is 1. The van der Waals surface area contributed by atoms with Crippen molar-refractivity contribution in [2.45, 2.75) is 6.92 Å². The van der Waals surface area contributed by atoms with Crippen LogP contribution in [0.1, 0.15) is 18.1 Å². The Balaban J connectivity index is 1.56. The number of nitrogens with one attached hydrogen (secondary N) is 1. The highest BCUT2D eigenvalue weighted by Crippen LogP contribution is 2.23. The summed E-state index contributed by atoms with van der Waals surface area (Å²) in [5, 5.41) is 11.0. The van der Waals surface area contributed by atoms with Crippen molar-refractivity contribution >= 4 is 22.2 Å². The molecule has 0 unspecified atom stereocenters. The van der Waals surface area contributed by atoms with Gasteiger partial charge in [0.1, 0.15) is 0 Å². The van der Waals surface area contributed by atoms with Gasteiger partial charge in [0.15, 0.2) is 0 Å². The van der Waals surface area contributed by atoms with Gasteiger partial charge in [-0.1, -0.05) is 61.5 Å². The lowest BCUT2D eigenvalue weighted by Crippen LogP contribution is -2.46. The zero-order valence-electron chi connectivity index (χ0n) is 15.3. The van der Waals surface area contributed by atoms with Gasteiger partial charge >= 0.3 is 0 Å². The standard InChI is InChI=1S/C23H25N3/c1-2-25-14-16-26(17-15-25)20-12-10-19(11-13-20)23(24)22-9-5-7-18-6-3-4-8-21(18)22/h3-13,24H,2,14-17H2,1H3. The van der Waals surface area contributed by atoms with Crippen LogP contribution >= 0.6 is 0 Å². The maximum Gasteiger partial charge on any atom is 0.0690 e. The maximum atomic E-state index is 8.70. The van der Waals surface area contributed by atoms with Crippen molar-refractivity contribution in [3.8, 4) is 0 Å². The van der Waals surface area contributed by atoms with E-state index in [-0.39, 0.29) is 0 Å². The molecule has 0 spiro atoms. The zero-order chi connectivity index (χ0) is 17.9. The van der Waals surface area contributed by atoms with Crippen LogP contribution in [-0.2, 0) is 0 Å². The average molecular weight is 343 g/mol. The molecule has 1 N–H and O–H groups in total. The molecule has 0 aromatic heterocycles. The third kappa shape index (κ3) is 3.23. The van der Waals surface area contributed by atoms with Crippen molar-refractivity contribution < 1.29 is 0 Å². The topological polar surface area (TPSA) is 30.3 Å². The monoisotopic (exact) mass is 343 g/mol. The molecule has 0 aliphatic carbocycles. The highest BCUT2D eigenvalue weighted by molar-refractivity contribution is 6.17. The zero-order valence-corrected chi connectivity index (χ0v) is 15.3. The van der Waals surface area contributed by atoms with E-state index in [0.29, 0.717) is 5.71 Å². The van der Waals surface area contributed by atoms with Crippen molar-refractivity contribution in [2.75, 3.05) is 37.6 Å². The van der Waals surface area contributed by atoms with Crippen LogP contribution in [0.4, 0.5) is 5.69 Å². The number of nitrogens with zero attached hydrogens (tertiary/aromatic N) is 2. The Morgan fingerprint density at radius 2 is 1.54 bits per heavy atom. The van der Waals surface area contributed by atoms with E-state index in [1.807, 2.05) is 24.3 Å². The van der Waals surface area contributed by atoms with Crippen LogP contribution in [0.3, 0.4) is 0 Å². The van der Waals surface area contributed by atoms with Crippen LogP contribution in [0.2, 0.25) is 0 Å². The average Bonchev–Trinajstić information content (AvgIpc) is 2.73. The first-order chi connectivity index (χ1) is 12.8. The molecule has 1 aliphatic heterocycles. The van der Waals surface area contributed by atoms with Gasteiger partial charge in [0.05, 0.1) is 5.71 Å². The van der Waals surface area contributed by atoms with Gasteiger partial charge in [-0.25, -0.2) is 0 Å². The van der Waals surface area contributed by atoms with Crippen LogP contribution in [0.25, 0.3) is 10.8 Å². The minimum absolute atomic E-state index is 0.587. The first-order valence-corrected chi connectivity index (χ1v) is 9.40. The third-order valence-electron chi connectivity index (χ3n) is 5.40. The summed E-state index contributed by atoms with van der Waals surface area (Å²) in [4.78, 5) is 4.93. The molecule has 3 heteroatoms. The van der Waals surface area contributed by atoms with Gasteiger partial charge in [-0.05, 0) is 29.4 Å². The number of piperazine rings is 1. The highest BCUT2D eigenvalue weighted by atomic mass is 15.3. The highest BCUT2D eigenvalue weighted by Gasteiger charge is 2.16. The largest absolute Gasteiger partial charge is 0.369 e. The van der Waals surface area contributed by atoms with Crippen molar-refractivity contribution in [3.05, 3.63) is 77.9 Å². The second-order valence-corrected chi connectivity index (χ2v) is 6.87. The molecule has 0 saturated carbocycles. The first kappa shape index (κ1) is 16.8. The molecule has 3 aromatic carbocycles. The minimum atomic E-state index is 0.587. The number of benzene rings is 3. The van der Waals surface area contributed by atoms with Gasteiger partial charge in [0, 0.05) is 43.0 Å². The van der Waals surface area contributed by atoms with Crippen LogP contribution < -0.4 is 4.90 Å². The van der Waals surface area contributed by atoms with E-state index in [1.54, 1.807) is 0 Å². The molecular formula is C23H25N3. The van der Waals surface area contributed by atoms with Gasteiger partial charge < -0.3 is 9.80 Å². The predicted octanol–water partition coefficient (Wildman–Crippen LogP) is 4.40. The fraction of sp³-hybridized carbons (Fsp3) is 0.261. The molecule has 3 aromatic rings. The van der Waals surface area contributed by atoms with Crippen LogP contribution in [-0.4, -0.2) is 43.3 Å². The van der Waals surface area contributed by atoms with Crippen molar-refractivity contribution in [1.82, 2.24) is 4.90 Å². The molecule has 132 valence electrons. The summed E-state index contributed by atoms with van der Waals surface area (Å²) in [6, 6.07) is 23.0. The van der Waals surface area contributed by atoms with Crippen LogP contribution in [0, 0.1) is 5.41 Å². The van der Waals surface area contributed by atoms with Crippen LogP contribution in [0.15, 0.2) is 66.7 Å². The molecule has 0 atom stereocenters. The summed E-state index contributed by atoms with van der Waals surface area (Å²) in [7, 11) is 0. The SMILES string of the molecule is CCN1CCN(c2ccc(C(=N)c3cccc4ccccc34)cc2)CC1. The van der Waals surface area contributed by atoms with E-state index < -0.39 is 0 Å². The van der Waals surface area contributed by atoms with Gasteiger partial charge in [0.25, 0.3) is 0 Å². The molecule has 0 radical (unpaired) electrons. The molecule has 0 amide bonds. The molecule has 1 saturated heterocycles. The molecule has 4 rings (SSSR count). The van der Waals surface area contributed by atoms with E-state index in [0.717, 1.165) is 49.2 Å². The summed E-state index contributed by atoms with van der Waals surface area (Å²) < 4.78 is 0. The molecule has 26 heavy (non-hydrogen) atoms. The van der Waals surface area contributed by atoms with Gasteiger partial charge in [-0.15, -0.1) is 0 Å². The Morgan fingerprint density at radius 3 is 2.27 bits per heavy atom. The van der Waals surface area contributed by atoms with Crippen molar-refractivity contribution in [3.63, 3.8) is 0 Å². The molecule has 1 aliphatic rings. The summed E-state index contributed by atoms with van der Waals surface area (Å²) in [5.74, 6) is 0. The van der Waals surface area contributed by atoms with E-state index in [9.17, 15) is 0 Å². The lowest BCUT2D eigenvalue weighted by atomic mass is 9.96. The molecule has 1 fully saturated rings. The summed E-state index contributed by atoms with van der Waals surface area (Å²) in [6.45, 7) is 7.77. The quantitative estimate of drug-likeness (QED) is 0.712. The predicted molar refractivity (Wildman–Crippen MR) is 111 cm³/mol. The lowest BCUT2D eigenvalue weighted by Gasteiger charge is -2.35. The Labute approximate surface area is 155 Å². The van der Waals surface area contributed by atoms with E-state index in [4.69, 9.17) is 5.41 Å². The normalized spacial score (nSPS) is 15.3. The molecule has 1 heterocycles. The van der Waals surface area contributed by atoms with E-state index >= 15 is 0 Å². The summed E-state index contributed by atoms with van der Waals surface area (Å²) >= 11 is 0. The number of rotatable bonds is 4. The number of hydrogen-bond donors (Lipinski definition) is 1. The van der Waals surface area contributed by atoms with E-state index in [1.165, 1.54) is 11.1 Å². The second kappa shape index (κ2) is 7.30. The second-order valence-electron chi connectivity index (χ2n) is 6.87. The smallest absolute Gasteiger partial charge is 0.0690 e.